The average molecular weight is 224 g/mol. The number of amides is 1. The van der Waals surface area contributed by atoms with Gasteiger partial charge < -0.3 is 10.2 Å². The minimum absolute atomic E-state index is 0.387. The Morgan fingerprint density at radius 3 is 2.75 bits per heavy atom. The third-order valence-corrected chi connectivity index (χ3v) is 3.64. The van der Waals surface area contributed by atoms with Gasteiger partial charge in [0.25, 0.3) is 0 Å². The molecule has 1 unspecified atom stereocenters. The van der Waals surface area contributed by atoms with Crippen LogP contribution in [0.1, 0.15) is 51.9 Å². The number of hydrogen-bond donors (Lipinski definition) is 1. The van der Waals surface area contributed by atoms with Gasteiger partial charge in [0.2, 0.25) is 5.91 Å². The van der Waals surface area contributed by atoms with Crippen LogP contribution >= 0.6 is 0 Å². The first-order valence-electron chi connectivity index (χ1n) is 6.84. The molecule has 3 nitrogen and oxygen atoms in total. The SMILES string of the molecule is CCCN(C(=O)CCC1CCCN1)C1CC1. The number of rotatable bonds is 6. The first-order valence-corrected chi connectivity index (χ1v) is 6.84. The van der Waals surface area contributed by atoms with Crippen LogP contribution in [0.3, 0.4) is 0 Å². The lowest BCUT2D eigenvalue weighted by atomic mass is 10.1. The van der Waals surface area contributed by atoms with Gasteiger partial charge in [-0.25, -0.2) is 0 Å². The monoisotopic (exact) mass is 224 g/mol. The van der Waals surface area contributed by atoms with E-state index in [1.807, 2.05) is 0 Å². The summed E-state index contributed by atoms with van der Waals surface area (Å²) < 4.78 is 0. The molecule has 0 aromatic carbocycles. The Hall–Kier alpha value is -0.570. The highest BCUT2D eigenvalue weighted by Gasteiger charge is 2.31. The molecule has 1 atom stereocenters. The molecule has 0 aromatic heterocycles. The smallest absolute Gasteiger partial charge is 0.222 e. The normalized spacial score (nSPS) is 24.7. The Morgan fingerprint density at radius 2 is 2.19 bits per heavy atom. The van der Waals surface area contributed by atoms with Crippen molar-refractivity contribution in [2.45, 2.75) is 64.0 Å². The standard InChI is InChI=1S/C13H24N2O/c1-2-10-15(12-6-7-12)13(16)8-5-11-4-3-9-14-11/h11-12,14H,2-10H2,1H3. The van der Waals surface area contributed by atoms with E-state index in [9.17, 15) is 4.79 Å². The van der Waals surface area contributed by atoms with Gasteiger partial charge in [0.05, 0.1) is 0 Å². The van der Waals surface area contributed by atoms with Crippen LogP contribution in [0.15, 0.2) is 0 Å². The molecule has 2 aliphatic rings. The van der Waals surface area contributed by atoms with Crippen LogP contribution in [0.2, 0.25) is 0 Å². The first-order chi connectivity index (χ1) is 7.81. The van der Waals surface area contributed by atoms with Crippen molar-refractivity contribution >= 4 is 5.91 Å². The largest absolute Gasteiger partial charge is 0.340 e. The van der Waals surface area contributed by atoms with Crippen LogP contribution in [-0.4, -0.2) is 36.0 Å². The molecule has 0 aromatic rings. The lowest BCUT2D eigenvalue weighted by Gasteiger charge is -2.22. The highest BCUT2D eigenvalue weighted by Crippen LogP contribution is 2.28. The summed E-state index contributed by atoms with van der Waals surface area (Å²) in [7, 11) is 0. The number of nitrogens with zero attached hydrogens (tertiary/aromatic N) is 1. The predicted octanol–water partition coefficient (Wildman–Crippen LogP) is 1.92. The van der Waals surface area contributed by atoms with Crippen molar-refractivity contribution in [1.82, 2.24) is 10.2 Å². The fourth-order valence-corrected chi connectivity index (χ4v) is 2.58. The average Bonchev–Trinajstić information content (AvgIpc) is 2.99. The molecule has 1 amide bonds. The molecule has 0 spiro atoms. The van der Waals surface area contributed by atoms with Crippen LogP contribution in [0.5, 0.6) is 0 Å². The molecule has 1 heterocycles. The van der Waals surface area contributed by atoms with E-state index in [2.05, 4.69) is 17.1 Å². The summed E-state index contributed by atoms with van der Waals surface area (Å²) in [5.74, 6) is 0.387. The van der Waals surface area contributed by atoms with Crippen molar-refractivity contribution in [3.63, 3.8) is 0 Å². The van der Waals surface area contributed by atoms with Crippen LogP contribution in [-0.2, 0) is 4.79 Å². The van der Waals surface area contributed by atoms with Gasteiger partial charge in [-0.15, -0.1) is 0 Å². The van der Waals surface area contributed by atoms with E-state index in [4.69, 9.17) is 0 Å². The fraction of sp³-hybridized carbons (Fsp3) is 0.923. The van der Waals surface area contributed by atoms with Crippen molar-refractivity contribution in [3.05, 3.63) is 0 Å². The van der Waals surface area contributed by atoms with Crippen molar-refractivity contribution in [2.24, 2.45) is 0 Å². The first kappa shape index (κ1) is 11.9. The summed E-state index contributed by atoms with van der Waals surface area (Å²) >= 11 is 0. The molecule has 3 heteroatoms. The van der Waals surface area contributed by atoms with Crippen molar-refractivity contribution in [3.8, 4) is 0 Å². The second-order valence-corrected chi connectivity index (χ2v) is 5.15. The molecular formula is C13H24N2O. The minimum atomic E-state index is 0.387. The van der Waals surface area contributed by atoms with E-state index in [1.54, 1.807) is 0 Å². The highest BCUT2D eigenvalue weighted by atomic mass is 16.2. The third-order valence-electron chi connectivity index (χ3n) is 3.64. The number of nitrogens with one attached hydrogen (secondary N) is 1. The van der Waals surface area contributed by atoms with Crippen molar-refractivity contribution in [1.29, 1.82) is 0 Å². The summed E-state index contributed by atoms with van der Waals surface area (Å²) in [6, 6.07) is 1.19. The Balaban J connectivity index is 1.71. The van der Waals surface area contributed by atoms with Crippen LogP contribution in [0, 0.1) is 0 Å². The Kier molecular flexibility index (Phi) is 4.22. The molecule has 1 aliphatic carbocycles. The van der Waals surface area contributed by atoms with E-state index >= 15 is 0 Å². The van der Waals surface area contributed by atoms with Gasteiger partial charge in [0.15, 0.2) is 0 Å². The molecular weight excluding hydrogens is 200 g/mol. The van der Waals surface area contributed by atoms with Gasteiger partial charge in [0, 0.05) is 25.0 Å². The van der Waals surface area contributed by atoms with Gasteiger partial charge in [0.1, 0.15) is 0 Å². The van der Waals surface area contributed by atoms with E-state index in [-0.39, 0.29) is 0 Å². The second kappa shape index (κ2) is 5.67. The van der Waals surface area contributed by atoms with E-state index in [0.717, 1.165) is 32.4 Å². The quantitative estimate of drug-likeness (QED) is 0.747. The van der Waals surface area contributed by atoms with Crippen LogP contribution in [0.4, 0.5) is 0 Å². The molecule has 2 fully saturated rings. The highest BCUT2D eigenvalue weighted by molar-refractivity contribution is 5.76. The lowest BCUT2D eigenvalue weighted by molar-refractivity contribution is -0.132. The molecule has 1 saturated carbocycles. The van der Waals surface area contributed by atoms with E-state index in [1.165, 1.54) is 25.7 Å². The molecule has 0 bridgehead atoms. The van der Waals surface area contributed by atoms with Gasteiger partial charge in [-0.3, -0.25) is 4.79 Å². The van der Waals surface area contributed by atoms with Gasteiger partial charge in [-0.1, -0.05) is 6.92 Å². The summed E-state index contributed by atoms with van der Waals surface area (Å²) in [6.45, 7) is 4.25. The summed E-state index contributed by atoms with van der Waals surface area (Å²) in [5.41, 5.74) is 0. The molecule has 1 aliphatic heterocycles. The molecule has 1 N–H and O–H groups in total. The van der Waals surface area contributed by atoms with Crippen molar-refractivity contribution < 1.29 is 4.79 Å². The zero-order valence-electron chi connectivity index (χ0n) is 10.4. The van der Waals surface area contributed by atoms with Gasteiger partial charge in [-0.2, -0.15) is 0 Å². The Labute approximate surface area is 98.6 Å². The summed E-state index contributed by atoms with van der Waals surface area (Å²) in [5, 5.41) is 3.46. The number of carbonyl (C=O) groups excluding carboxylic acids is 1. The van der Waals surface area contributed by atoms with Crippen LogP contribution in [0.25, 0.3) is 0 Å². The second-order valence-electron chi connectivity index (χ2n) is 5.15. The van der Waals surface area contributed by atoms with Crippen LogP contribution < -0.4 is 5.32 Å². The van der Waals surface area contributed by atoms with Gasteiger partial charge in [-0.05, 0) is 45.1 Å². The molecule has 0 radical (unpaired) electrons. The predicted molar refractivity (Wildman–Crippen MR) is 65.3 cm³/mol. The summed E-state index contributed by atoms with van der Waals surface area (Å²) in [4.78, 5) is 14.2. The maximum atomic E-state index is 12.1. The minimum Gasteiger partial charge on any atom is -0.340 e. The molecule has 92 valence electrons. The molecule has 16 heavy (non-hydrogen) atoms. The maximum absolute atomic E-state index is 12.1. The zero-order chi connectivity index (χ0) is 11.4. The maximum Gasteiger partial charge on any atom is 0.222 e. The molecule has 2 rings (SSSR count). The Bertz CT molecular complexity index is 232. The zero-order valence-corrected chi connectivity index (χ0v) is 10.4. The molecule has 1 saturated heterocycles. The number of hydrogen-bond acceptors (Lipinski definition) is 2. The lowest BCUT2D eigenvalue weighted by Crippen LogP contribution is -2.34. The fourth-order valence-electron chi connectivity index (χ4n) is 2.58. The van der Waals surface area contributed by atoms with Crippen molar-refractivity contribution in [2.75, 3.05) is 13.1 Å². The van der Waals surface area contributed by atoms with Gasteiger partial charge >= 0.3 is 0 Å². The number of carbonyl (C=O) groups is 1. The third kappa shape index (κ3) is 3.21. The topological polar surface area (TPSA) is 32.3 Å². The Morgan fingerprint density at radius 1 is 1.38 bits per heavy atom. The van der Waals surface area contributed by atoms with E-state index < -0.39 is 0 Å². The summed E-state index contributed by atoms with van der Waals surface area (Å²) in [6.07, 6.45) is 7.86. The van der Waals surface area contributed by atoms with E-state index in [0.29, 0.717) is 18.0 Å².